The Hall–Kier alpha value is -4.91. The van der Waals surface area contributed by atoms with Crippen LogP contribution in [0, 0.1) is 12.7 Å². The summed E-state index contributed by atoms with van der Waals surface area (Å²) >= 11 is 0. The van der Waals surface area contributed by atoms with Gasteiger partial charge in [0.25, 0.3) is 0 Å². The highest BCUT2D eigenvalue weighted by Gasteiger charge is 2.38. The Morgan fingerprint density at radius 1 is 1.00 bits per heavy atom. The minimum Gasteiger partial charge on any atom is -0.493 e. The summed E-state index contributed by atoms with van der Waals surface area (Å²) in [7, 11) is 6.31. The summed E-state index contributed by atoms with van der Waals surface area (Å²) < 4.78 is 64.4. The number of carbonyl (C=O) groups is 2. The van der Waals surface area contributed by atoms with Gasteiger partial charge in [0.15, 0.2) is 0 Å². The van der Waals surface area contributed by atoms with Crippen LogP contribution in [-0.2, 0) is 36.1 Å². The van der Waals surface area contributed by atoms with E-state index in [0.717, 1.165) is 73.8 Å². The van der Waals surface area contributed by atoms with Crippen molar-refractivity contribution >= 4 is 33.6 Å². The summed E-state index contributed by atoms with van der Waals surface area (Å²) in [6, 6.07) is 17.6. The fourth-order valence-corrected chi connectivity index (χ4v) is 6.80. The molecule has 0 saturated heterocycles. The summed E-state index contributed by atoms with van der Waals surface area (Å²) in [6.07, 6.45) is -1.97. The van der Waals surface area contributed by atoms with E-state index in [1.165, 1.54) is 0 Å². The number of ether oxygens (including phenoxy) is 2. The molecule has 6 rings (SSSR count). The van der Waals surface area contributed by atoms with Gasteiger partial charge in [-0.25, -0.2) is 14.0 Å². The van der Waals surface area contributed by atoms with Crippen LogP contribution in [0.1, 0.15) is 53.6 Å². The molecule has 5 aromatic rings. The quantitative estimate of drug-likeness (QED) is 0.0801. The lowest BCUT2D eigenvalue weighted by Gasteiger charge is -2.29. The molecule has 0 bridgehead atoms. The number of hydrogen-bond acceptors (Lipinski definition) is 5. The first kappa shape index (κ1) is 37.3. The monoisotopic (exact) mass is 711 g/mol. The number of aliphatic carboxylic acids is 1. The Labute approximate surface area is 293 Å². The van der Waals surface area contributed by atoms with Crippen LogP contribution in [0.5, 0.6) is 5.75 Å². The number of carboxylic acid groups (broad SMARTS) is 1. The smallest absolute Gasteiger partial charge is 0.490 e. The Morgan fingerprint density at radius 2 is 1.71 bits per heavy atom. The molecule has 2 aromatic heterocycles. The third-order valence-electron chi connectivity index (χ3n) is 9.20. The summed E-state index contributed by atoms with van der Waals surface area (Å²) in [5, 5.41) is 15.1. The van der Waals surface area contributed by atoms with E-state index in [0.29, 0.717) is 43.8 Å². The van der Waals surface area contributed by atoms with Crippen LogP contribution in [0.4, 0.5) is 17.6 Å². The lowest BCUT2D eigenvalue weighted by Crippen LogP contribution is -2.39. The van der Waals surface area contributed by atoms with Crippen molar-refractivity contribution in [1.82, 2.24) is 14.3 Å². The minimum absolute atomic E-state index is 0.267. The fraction of sp³-hybridized carbons (Fsp3) is 0.395. The van der Waals surface area contributed by atoms with Gasteiger partial charge in [0.05, 0.1) is 39.4 Å². The van der Waals surface area contributed by atoms with Gasteiger partial charge in [-0.1, -0.05) is 36.4 Å². The maximum Gasteiger partial charge on any atom is 0.490 e. The van der Waals surface area contributed by atoms with E-state index >= 15 is 4.39 Å². The molecule has 0 aliphatic carbocycles. The predicted octanol–water partition coefficient (Wildman–Crippen LogP) is 7.83. The van der Waals surface area contributed by atoms with Crippen LogP contribution in [-0.4, -0.2) is 75.9 Å². The molecule has 13 heteroatoms. The van der Waals surface area contributed by atoms with Gasteiger partial charge in [0.2, 0.25) is 0 Å². The molecule has 0 atom stereocenters. The zero-order valence-electron chi connectivity index (χ0n) is 29.4. The molecule has 0 spiro atoms. The van der Waals surface area contributed by atoms with Crippen molar-refractivity contribution in [2.24, 2.45) is 7.05 Å². The van der Waals surface area contributed by atoms with Crippen LogP contribution in [0.2, 0.25) is 0 Å². The average Bonchev–Trinajstić information content (AvgIpc) is 3.52. The molecule has 272 valence electrons. The standard InChI is InChI=1S/C36H42FN4O3.C2HF3O2/c1-6-43-36(42)35-27(16-12-22-44-31-17-11-14-25-13-7-8-15-26(25)31)28-18-19-29(37)33-32-24(2)39(3)38-30(32)23-41(4,5)21-10-9-20-40(35)34(28)33;3-2(4,5)1(6)7/h7-8,11,13-15,17-19H,6,9-10,12,16,20-23H2,1-5H3;(H,6,7)/q+1;. The first-order valence-electron chi connectivity index (χ1n) is 16.9. The summed E-state index contributed by atoms with van der Waals surface area (Å²) in [5.41, 5.74) is 5.28. The van der Waals surface area contributed by atoms with Crippen molar-refractivity contribution in [2.45, 2.75) is 58.8 Å². The zero-order chi connectivity index (χ0) is 37.1. The van der Waals surface area contributed by atoms with Crippen molar-refractivity contribution < 1.29 is 46.2 Å². The van der Waals surface area contributed by atoms with E-state index in [1.54, 1.807) is 6.07 Å². The number of fused-ring (bicyclic) bond motifs is 3. The molecule has 3 aromatic carbocycles. The highest BCUT2D eigenvalue weighted by atomic mass is 19.4. The molecule has 3 heterocycles. The van der Waals surface area contributed by atoms with Crippen molar-refractivity contribution in [3.63, 3.8) is 0 Å². The number of aromatic nitrogens is 3. The molecule has 0 fully saturated rings. The first-order chi connectivity index (χ1) is 24.1. The number of alkyl halides is 3. The van der Waals surface area contributed by atoms with Crippen LogP contribution >= 0.6 is 0 Å². The molecule has 1 aliphatic rings. The SMILES string of the molecule is CCOC(=O)c1c(CCCOc2cccc3ccccc23)c2ccc(F)c3c2n1CCCC[N+](C)(C)Cc1nn(C)c(C)c1-3.O=C(O)C(F)(F)F. The molecule has 1 N–H and O–H groups in total. The normalized spacial score (nSPS) is 14.3. The predicted molar refractivity (Wildman–Crippen MR) is 186 cm³/mol. The number of benzene rings is 3. The molecule has 0 unspecified atom stereocenters. The second-order valence-corrected chi connectivity index (χ2v) is 13.3. The minimum atomic E-state index is -5.08. The number of rotatable bonds is 7. The van der Waals surface area contributed by atoms with E-state index < -0.39 is 12.1 Å². The topological polar surface area (TPSA) is 95.6 Å². The van der Waals surface area contributed by atoms with Crippen LogP contribution in [0.15, 0.2) is 54.6 Å². The summed E-state index contributed by atoms with van der Waals surface area (Å²) in [4.78, 5) is 22.6. The van der Waals surface area contributed by atoms with Gasteiger partial charge in [0, 0.05) is 41.2 Å². The Balaban J connectivity index is 0.000000654. The van der Waals surface area contributed by atoms with Crippen molar-refractivity contribution in [3.05, 3.63) is 83.1 Å². The molecule has 0 radical (unpaired) electrons. The van der Waals surface area contributed by atoms with Gasteiger partial charge in [-0.3, -0.25) is 4.68 Å². The third-order valence-corrected chi connectivity index (χ3v) is 9.20. The Morgan fingerprint density at radius 3 is 2.41 bits per heavy atom. The van der Waals surface area contributed by atoms with Crippen molar-refractivity contribution in [1.29, 1.82) is 0 Å². The van der Waals surface area contributed by atoms with E-state index in [1.807, 2.05) is 60.5 Å². The van der Waals surface area contributed by atoms with Crippen molar-refractivity contribution in [2.75, 3.05) is 33.9 Å². The average molecular weight is 712 g/mol. The van der Waals surface area contributed by atoms with Gasteiger partial charge < -0.3 is 23.6 Å². The van der Waals surface area contributed by atoms with Crippen LogP contribution < -0.4 is 4.74 Å². The maximum atomic E-state index is 16.2. The number of carboxylic acids is 1. The molecule has 0 saturated carbocycles. The molecule has 9 nitrogen and oxygen atoms in total. The van der Waals surface area contributed by atoms with E-state index in [2.05, 4.69) is 32.3 Å². The Bertz CT molecular complexity index is 2060. The zero-order valence-corrected chi connectivity index (χ0v) is 29.4. The number of halogens is 4. The van der Waals surface area contributed by atoms with Crippen LogP contribution in [0.3, 0.4) is 0 Å². The maximum absolute atomic E-state index is 16.2. The van der Waals surface area contributed by atoms with Gasteiger partial charge in [0.1, 0.15) is 29.5 Å². The summed E-state index contributed by atoms with van der Waals surface area (Å²) in [5.74, 6) is -2.59. The summed E-state index contributed by atoms with van der Waals surface area (Å²) in [6.45, 7) is 6.80. The van der Waals surface area contributed by atoms with Crippen LogP contribution in [0.25, 0.3) is 32.8 Å². The molecule has 51 heavy (non-hydrogen) atoms. The number of hydrogen-bond donors (Lipinski definition) is 1. The highest BCUT2D eigenvalue weighted by Crippen LogP contribution is 2.41. The van der Waals surface area contributed by atoms with Gasteiger partial charge >= 0.3 is 18.1 Å². The fourth-order valence-electron chi connectivity index (χ4n) is 6.80. The van der Waals surface area contributed by atoms with Crippen molar-refractivity contribution in [3.8, 4) is 16.9 Å². The molecule has 0 amide bonds. The lowest BCUT2D eigenvalue weighted by molar-refractivity contribution is -0.904. The molecular formula is C38H43F4N4O5+. The number of quaternary nitrogens is 1. The van der Waals surface area contributed by atoms with E-state index in [4.69, 9.17) is 24.5 Å². The molecular weight excluding hydrogens is 668 g/mol. The molecule has 1 aliphatic heterocycles. The largest absolute Gasteiger partial charge is 0.493 e. The van der Waals surface area contributed by atoms with Gasteiger partial charge in [-0.05, 0) is 68.7 Å². The number of esters is 1. The Kier molecular flexibility index (Phi) is 11.1. The van der Waals surface area contributed by atoms with Gasteiger partial charge in [-0.2, -0.15) is 18.3 Å². The van der Waals surface area contributed by atoms with Gasteiger partial charge in [-0.15, -0.1) is 0 Å². The first-order valence-corrected chi connectivity index (χ1v) is 16.9. The van der Waals surface area contributed by atoms with E-state index in [-0.39, 0.29) is 18.4 Å². The number of nitrogens with zero attached hydrogens (tertiary/aromatic N) is 4. The number of aryl methyl sites for hydroxylation is 3. The van der Waals surface area contributed by atoms with E-state index in [9.17, 15) is 18.0 Å². The lowest BCUT2D eigenvalue weighted by atomic mass is 9.97. The highest BCUT2D eigenvalue weighted by molar-refractivity contribution is 6.05. The third kappa shape index (κ3) is 8.03. The second-order valence-electron chi connectivity index (χ2n) is 13.3. The number of carbonyl (C=O) groups excluding carboxylic acids is 1. The second kappa shape index (κ2) is 15.1.